The second-order valence-electron chi connectivity index (χ2n) is 2.61. The van der Waals surface area contributed by atoms with Gasteiger partial charge in [-0.05, 0) is 14.0 Å². The normalized spacial score (nSPS) is 9.14. The molecule has 0 unspecified atom stereocenters. The van der Waals surface area contributed by atoms with Gasteiger partial charge in [-0.15, -0.1) is 0 Å². The Morgan fingerprint density at radius 3 is 2.64 bits per heavy atom. The van der Waals surface area contributed by atoms with Crippen molar-refractivity contribution in [1.82, 2.24) is 20.5 Å². The number of nitrogens with one attached hydrogen (secondary N) is 2. The Hall–Kier alpha value is -1.23. The fraction of sp³-hybridized carbons (Fsp3) is 0.667. The van der Waals surface area contributed by atoms with Gasteiger partial charge in [-0.25, -0.2) is 4.98 Å². The van der Waals surface area contributed by atoms with Crippen LogP contribution < -0.4 is 5.32 Å². The Morgan fingerprint density at radius 2 is 2.14 bits per heavy atom. The summed E-state index contributed by atoms with van der Waals surface area (Å²) in [5.41, 5.74) is 0. The third-order valence-corrected chi connectivity index (χ3v) is 1.33. The van der Waals surface area contributed by atoms with Gasteiger partial charge < -0.3 is 5.32 Å². The van der Waals surface area contributed by atoms with Crippen molar-refractivity contribution < 1.29 is 4.79 Å². The lowest BCUT2D eigenvalue weighted by Gasteiger charge is -1.88. The second-order valence-corrected chi connectivity index (χ2v) is 2.61. The first-order valence-electron chi connectivity index (χ1n) is 4.76. The summed E-state index contributed by atoms with van der Waals surface area (Å²) in [6.07, 6.45) is 0.330. The molecule has 1 heterocycles. The summed E-state index contributed by atoms with van der Waals surface area (Å²) >= 11 is 0. The molecular weight excluding hydrogens is 180 g/mol. The number of nitrogens with zero attached hydrogens (tertiary/aromatic N) is 2. The smallest absolute Gasteiger partial charge is 0.164 e. The molecule has 0 aliphatic rings. The number of Topliss-reactive ketones (excluding diaryl/α,β-unsaturated/α-hetero) is 1. The van der Waals surface area contributed by atoms with Crippen LogP contribution in [0.4, 0.5) is 0 Å². The minimum Gasteiger partial charge on any atom is -0.313 e. The van der Waals surface area contributed by atoms with Crippen LogP contribution in [0.25, 0.3) is 0 Å². The molecule has 0 saturated heterocycles. The summed E-state index contributed by atoms with van der Waals surface area (Å²) in [6.45, 7) is 6.15. The molecule has 5 heteroatoms. The lowest BCUT2D eigenvalue weighted by atomic mass is 10.3. The molecule has 80 valence electrons. The molecule has 0 spiro atoms. The van der Waals surface area contributed by atoms with Crippen molar-refractivity contribution in [1.29, 1.82) is 0 Å². The van der Waals surface area contributed by atoms with E-state index in [1.54, 1.807) is 0 Å². The third kappa shape index (κ3) is 4.71. The number of aromatic nitrogens is 3. The molecule has 0 aromatic carbocycles. The van der Waals surface area contributed by atoms with Crippen LogP contribution in [0.5, 0.6) is 0 Å². The van der Waals surface area contributed by atoms with Gasteiger partial charge in [0.2, 0.25) is 0 Å². The van der Waals surface area contributed by atoms with E-state index in [9.17, 15) is 4.79 Å². The molecule has 1 aromatic heterocycles. The van der Waals surface area contributed by atoms with Crippen LogP contribution in [-0.2, 0) is 17.8 Å². The molecule has 1 rings (SSSR count). The molecule has 5 nitrogen and oxygen atoms in total. The lowest BCUT2D eigenvalue weighted by Crippen LogP contribution is -2.06. The van der Waals surface area contributed by atoms with E-state index in [1.807, 2.05) is 20.9 Å². The first-order chi connectivity index (χ1) is 6.72. The number of hydrogen-bond acceptors (Lipinski definition) is 4. The van der Waals surface area contributed by atoms with E-state index in [4.69, 9.17) is 0 Å². The van der Waals surface area contributed by atoms with Gasteiger partial charge in [0.15, 0.2) is 5.82 Å². The van der Waals surface area contributed by atoms with Crippen LogP contribution in [0.3, 0.4) is 0 Å². The number of rotatable bonds is 4. The van der Waals surface area contributed by atoms with Crippen LogP contribution in [0, 0.1) is 0 Å². The Balaban J connectivity index is 0.000000791. The maximum atomic E-state index is 10.7. The number of H-pyrrole nitrogens is 1. The molecule has 0 aliphatic heterocycles. The maximum absolute atomic E-state index is 10.7. The average Bonchev–Trinajstić information content (AvgIpc) is 2.56. The minimum atomic E-state index is 0.0853. The minimum absolute atomic E-state index is 0.0853. The molecule has 0 bridgehead atoms. The third-order valence-electron chi connectivity index (χ3n) is 1.33. The number of carbonyl (C=O) groups is 1. The molecule has 0 atom stereocenters. The van der Waals surface area contributed by atoms with E-state index in [-0.39, 0.29) is 5.78 Å². The van der Waals surface area contributed by atoms with Gasteiger partial charge in [0.1, 0.15) is 11.6 Å². The van der Waals surface area contributed by atoms with Crippen molar-refractivity contribution in [3.8, 4) is 0 Å². The number of ketones is 1. The topological polar surface area (TPSA) is 70.7 Å². The molecule has 14 heavy (non-hydrogen) atoms. The molecule has 0 aliphatic carbocycles. The lowest BCUT2D eigenvalue weighted by molar-refractivity contribution is -0.116. The van der Waals surface area contributed by atoms with Crippen molar-refractivity contribution in [3.05, 3.63) is 11.6 Å². The molecule has 1 aromatic rings. The van der Waals surface area contributed by atoms with Crippen molar-refractivity contribution in [3.63, 3.8) is 0 Å². The summed E-state index contributed by atoms with van der Waals surface area (Å²) in [5.74, 6) is 1.41. The standard InChI is InChI=1S/C7H12N4O.C2H6/c1-5(12)3-6-9-7(4-8-2)11-10-6;1-2/h8H,3-4H2,1-2H3,(H,9,10,11);1-2H3. The molecule has 0 saturated carbocycles. The van der Waals surface area contributed by atoms with E-state index in [2.05, 4.69) is 20.5 Å². The summed E-state index contributed by atoms with van der Waals surface area (Å²) in [5, 5.41) is 9.53. The predicted octanol–water partition coefficient (Wildman–Crippen LogP) is 0.682. The van der Waals surface area contributed by atoms with Crippen molar-refractivity contribution in [2.75, 3.05) is 7.05 Å². The zero-order valence-corrected chi connectivity index (χ0v) is 9.22. The molecule has 0 fully saturated rings. The fourth-order valence-electron chi connectivity index (χ4n) is 0.887. The van der Waals surface area contributed by atoms with Crippen molar-refractivity contribution >= 4 is 5.78 Å². The van der Waals surface area contributed by atoms with Crippen LogP contribution in [0.1, 0.15) is 32.4 Å². The number of hydrogen-bond donors (Lipinski definition) is 2. The Labute approximate surface area is 84.3 Å². The molecule has 2 N–H and O–H groups in total. The monoisotopic (exact) mass is 198 g/mol. The van der Waals surface area contributed by atoms with Gasteiger partial charge >= 0.3 is 0 Å². The van der Waals surface area contributed by atoms with Gasteiger partial charge in [0.05, 0.1) is 13.0 Å². The zero-order valence-electron chi connectivity index (χ0n) is 9.22. The summed E-state index contributed by atoms with van der Waals surface area (Å²) in [4.78, 5) is 14.8. The van der Waals surface area contributed by atoms with Gasteiger partial charge in [-0.3, -0.25) is 9.89 Å². The number of aromatic amines is 1. The van der Waals surface area contributed by atoms with Gasteiger partial charge in [-0.1, -0.05) is 13.8 Å². The first kappa shape index (κ1) is 12.8. The zero-order chi connectivity index (χ0) is 11.0. The van der Waals surface area contributed by atoms with Gasteiger partial charge in [0, 0.05) is 0 Å². The first-order valence-corrected chi connectivity index (χ1v) is 4.76. The fourth-order valence-corrected chi connectivity index (χ4v) is 0.887. The Kier molecular flexibility index (Phi) is 6.57. The average molecular weight is 198 g/mol. The quantitative estimate of drug-likeness (QED) is 0.746. The highest BCUT2D eigenvalue weighted by Gasteiger charge is 2.03. The summed E-state index contributed by atoms with van der Waals surface area (Å²) in [6, 6.07) is 0. The largest absolute Gasteiger partial charge is 0.313 e. The van der Waals surface area contributed by atoms with E-state index in [0.717, 1.165) is 0 Å². The molecule has 0 amide bonds. The molecule has 0 radical (unpaired) electrons. The summed E-state index contributed by atoms with van der Waals surface area (Å²) < 4.78 is 0. The summed E-state index contributed by atoms with van der Waals surface area (Å²) in [7, 11) is 1.82. The van der Waals surface area contributed by atoms with Gasteiger partial charge in [-0.2, -0.15) is 5.10 Å². The second kappa shape index (κ2) is 7.20. The van der Waals surface area contributed by atoms with E-state index < -0.39 is 0 Å². The van der Waals surface area contributed by atoms with E-state index >= 15 is 0 Å². The Morgan fingerprint density at radius 1 is 1.50 bits per heavy atom. The van der Waals surface area contributed by atoms with E-state index in [0.29, 0.717) is 24.6 Å². The van der Waals surface area contributed by atoms with Crippen LogP contribution in [-0.4, -0.2) is 28.0 Å². The highest BCUT2D eigenvalue weighted by Crippen LogP contribution is 1.93. The Bertz CT molecular complexity index is 270. The van der Waals surface area contributed by atoms with E-state index in [1.165, 1.54) is 6.92 Å². The van der Waals surface area contributed by atoms with Crippen molar-refractivity contribution in [2.45, 2.75) is 33.7 Å². The maximum Gasteiger partial charge on any atom is 0.164 e. The van der Waals surface area contributed by atoms with Gasteiger partial charge in [0.25, 0.3) is 0 Å². The van der Waals surface area contributed by atoms with Crippen LogP contribution >= 0.6 is 0 Å². The predicted molar refractivity (Wildman–Crippen MR) is 54.9 cm³/mol. The van der Waals surface area contributed by atoms with Crippen molar-refractivity contribution in [2.24, 2.45) is 0 Å². The molecular formula is C9H18N4O. The number of carbonyl (C=O) groups excluding carboxylic acids is 1. The van der Waals surface area contributed by atoms with Crippen LogP contribution in [0.2, 0.25) is 0 Å². The highest BCUT2D eigenvalue weighted by molar-refractivity contribution is 5.77. The SMILES string of the molecule is CC.CNCc1n[nH]c(CC(C)=O)n1. The highest BCUT2D eigenvalue weighted by atomic mass is 16.1. The van der Waals surface area contributed by atoms with Crippen LogP contribution in [0.15, 0.2) is 0 Å².